The Balaban J connectivity index is 1.14. The van der Waals surface area contributed by atoms with Gasteiger partial charge in [-0.2, -0.15) is 0 Å². The molecule has 0 spiro atoms. The highest BCUT2D eigenvalue weighted by atomic mass is 16.5. The molecule has 330 valence electrons. The molecule has 0 aromatic heterocycles. The number of hydrogen-bond donors (Lipinski definition) is 7. The molecule has 0 bridgehead atoms. The van der Waals surface area contributed by atoms with Crippen molar-refractivity contribution in [3.63, 3.8) is 0 Å². The number of aliphatic hydroxyl groups excluding tert-OH is 4. The summed E-state index contributed by atoms with van der Waals surface area (Å²) in [6.45, 7) is 5.67. The van der Waals surface area contributed by atoms with Crippen LogP contribution in [0.4, 0.5) is 0 Å². The van der Waals surface area contributed by atoms with Crippen molar-refractivity contribution in [3.8, 4) is 0 Å². The van der Waals surface area contributed by atoms with Gasteiger partial charge in [0.05, 0.1) is 24.5 Å². The van der Waals surface area contributed by atoms with E-state index in [1.807, 2.05) is 13.8 Å². The number of carbonyl (C=O) groups excluding carboxylic acids is 5. The van der Waals surface area contributed by atoms with Crippen molar-refractivity contribution >= 4 is 35.1 Å². The van der Waals surface area contributed by atoms with Crippen LogP contribution in [0.1, 0.15) is 111 Å². The molecule has 60 heavy (non-hydrogen) atoms. The normalized spacial score (nSPS) is 48.5. The molecule has 0 amide bonds. The molecule has 17 atom stereocenters. The minimum Gasteiger partial charge on any atom is -0.481 e. The van der Waals surface area contributed by atoms with E-state index in [0.717, 1.165) is 0 Å². The third-order valence-electron chi connectivity index (χ3n) is 19.0. The van der Waals surface area contributed by atoms with Crippen LogP contribution in [-0.4, -0.2) is 114 Å². The number of aliphatic carboxylic acids is 1. The van der Waals surface area contributed by atoms with Crippen molar-refractivity contribution in [1.82, 2.24) is 0 Å². The Morgan fingerprint density at radius 3 is 1.63 bits per heavy atom. The number of Topliss-reactive ketones (excluding diaryl/α,β-unsaturated/α-hetero) is 2. The molecular weight excluding hydrogens is 776 g/mol. The van der Waals surface area contributed by atoms with Gasteiger partial charge in [0, 0.05) is 35.0 Å². The van der Waals surface area contributed by atoms with E-state index in [0.29, 0.717) is 49.7 Å². The van der Waals surface area contributed by atoms with Crippen LogP contribution in [0.25, 0.3) is 0 Å². The molecule has 0 radical (unpaired) electrons. The molecule has 3 unspecified atom stereocenters. The second kappa shape index (κ2) is 14.5. The minimum absolute atomic E-state index is 0.0206. The van der Waals surface area contributed by atoms with Gasteiger partial charge in [-0.25, -0.2) is 0 Å². The number of carbonyl (C=O) groups is 6. The Labute approximate surface area is 349 Å². The summed E-state index contributed by atoms with van der Waals surface area (Å²) in [5.74, 6) is -8.53. The molecule has 7 N–H and O–H groups in total. The highest BCUT2D eigenvalue weighted by Crippen LogP contribution is 2.71. The number of ketones is 4. The molecule has 0 heterocycles. The lowest BCUT2D eigenvalue weighted by Gasteiger charge is -2.63. The lowest BCUT2D eigenvalue weighted by atomic mass is 9.42. The Kier molecular flexibility index (Phi) is 10.5. The van der Waals surface area contributed by atoms with Crippen LogP contribution in [-0.2, 0) is 33.5 Å². The first-order valence-corrected chi connectivity index (χ1v) is 22.1. The largest absolute Gasteiger partial charge is 0.481 e. The Morgan fingerprint density at radius 2 is 1.17 bits per heavy atom. The van der Waals surface area contributed by atoms with Crippen molar-refractivity contribution in [2.75, 3.05) is 13.2 Å². The highest BCUT2D eigenvalue weighted by Gasteiger charge is 2.72. The van der Waals surface area contributed by atoms with Gasteiger partial charge in [-0.1, -0.05) is 38.8 Å². The van der Waals surface area contributed by atoms with E-state index in [1.54, 1.807) is 26.0 Å². The van der Waals surface area contributed by atoms with Gasteiger partial charge in [0.25, 0.3) is 0 Å². The number of fused-ring (bicyclic) bond motifs is 10. The first-order valence-electron chi connectivity index (χ1n) is 22.1. The SMILES string of the molecule is C[C@]12C[C@H](O)[C@H]3[C@@H](CCC4=CC(=O)CC(OC(=O)C(CC(=O)O)C5CC(=O)C=C6CC[C@@H]7[C@H]([C@@H](O)C[C@@]8(C)[C@H]7CC[C@]8(O)C(=O)CO)[C@]65C)[C@@]43C)[C@@H]1CC[C@]2(O)C(=O)CO. The fraction of sp³-hybridized carbons (Fsp3) is 0.783. The molecule has 0 aromatic rings. The fourth-order valence-electron chi connectivity index (χ4n) is 16.2. The van der Waals surface area contributed by atoms with Gasteiger partial charge in [0.2, 0.25) is 0 Å². The number of esters is 1. The summed E-state index contributed by atoms with van der Waals surface area (Å²) in [6.07, 6.45) is 1.89. The third kappa shape index (κ3) is 5.72. The molecular formula is C46H62O14. The van der Waals surface area contributed by atoms with Crippen molar-refractivity contribution in [2.45, 2.75) is 141 Å². The van der Waals surface area contributed by atoms with Crippen LogP contribution < -0.4 is 0 Å². The monoisotopic (exact) mass is 838 g/mol. The maximum absolute atomic E-state index is 15.0. The first-order chi connectivity index (χ1) is 28.1. The van der Waals surface area contributed by atoms with Gasteiger partial charge < -0.3 is 40.5 Å². The zero-order chi connectivity index (χ0) is 43.7. The molecule has 6 saturated carbocycles. The second-order valence-electron chi connectivity index (χ2n) is 21.0. The van der Waals surface area contributed by atoms with E-state index in [1.165, 1.54) is 0 Å². The predicted molar refractivity (Wildman–Crippen MR) is 210 cm³/mol. The summed E-state index contributed by atoms with van der Waals surface area (Å²) in [6, 6.07) is 0. The number of hydrogen-bond acceptors (Lipinski definition) is 13. The average Bonchev–Trinajstić information content (AvgIpc) is 3.61. The Morgan fingerprint density at radius 1 is 0.717 bits per heavy atom. The smallest absolute Gasteiger partial charge is 0.310 e. The Hall–Kier alpha value is -3.14. The van der Waals surface area contributed by atoms with Gasteiger partial charge in [-0.15, -0.1) is 0 Å². The molecule has 0 aromatic carbocycles. The van der Waals surface area contributed by atoms with E-state index < -0.39 is 118 Å². The zero-order valence-corrected chi connectivity index (χ0v) is 35.1. The minimum atomic E-state index is -1.84. The van der Waals surface area contributed by atoms with E-state index in [2.05, 4.69) is 0 Å². The van der Waals surface area contributed by atoms with Crippen molar-refractivity contribution < 1.29 is 69.2 Å². The molecule has 6 fully saturated rings. The molecule has 8 aliphatic carbocycles. The van der Waals surface area contributed by atoms with Crippen molar-refractivity contribution in [1.29, 1.82) is 0 Å². The number of rotatable bonds is 9. The molecule has 0 saturated heterocycles. The van der Waals surface area contributed by atoms with Crippen LogP contribution in [0.3, 0.4) is 0 Å². The lowest BCUT2D eigenvalue weighted by Crippen LogP contribution is -2.64. The second-order valence-corrected chi connectivity index (χ2v) is 21.0. The van der Waals surface area contributed by atoms with E-state index in [4.69, 9.17) is 4.74 Å². The summed E-state index contributed by atoms with van der Waals surface area (Å²) in [7, 11) is 0. The summed E-state index contributed by atoms with van der Waals surface area (Å²) in [5, 5.41) is 77.8. The molecule has 8 aliphatic rings. The van der Waals surface area contributed by atoms with Crippen LogP contribution in [0.2, 0.25) is 0 Å². The van der Waals surface area contributed by atoms with Crippen LogP contribution in [0.15, 0.2) is 23.3 Å². The standard InChI is InChI=1S/C46H62O14/c1-41-18-32(51)38-26(29(41)9-11-45(41,58)34(53)20-47)7-5-22-13-24(49)15-31(43(22,38)3)28(17-37(55)56)40(57)60-36-16-25(50)14-23-6-8-27-30-10-12-46(59,35(54)21-48)42(30,2)19-33(52)39(27)44(23,36)4/h13-14,26-33,36,38-39,47-48,51-52,58-59H,5-12,15-21H2,1-4H3,(H,55,56)/t26-,27-,28?,29-,30-,31?,32-,33-,36?,38+,39+,41-,42-,43+,44+,45-,46-/m0/s1. The third-order valence-corrected chi connectivity index (χ3v) is 19.0. The fourth-order valence-corrected chi connectivity index (χ4v) is 16.2. The van der Waals surface area contributed by atoms with Gasteiger partial charge in [-0.3, -0.25) is 28.8 Å². The number of allylic oxidation sites excluding steroid dienone is 1. The predicted octanol–water partition coefficient (Wildman–Crippen LogP) is 2.42. The quantitative estimate of drug-likeness (QED) is 0.165. The summed E-state index contributed by atoms with van der Waals surface area (Å²) < 4.78 is 6.46. The van der Waals surface area contributed by atoms with Gasteiger partial charge in [0.1, 0.15) is 30.5 Å². The van der Waals surface area contributed by atoms with Gasteiger partial charge in [0.15, 0.2) is 23.1 Å². The first kappa shape index (κ1) is 43.5. The average molecular weight is 839 g/mol. The molecule has 0 aliphatic heterocycles. The molecule has 8 rings (SSSR count). The van der Waals surface area contributed by atoms with E-state index >= 15 is 0 Å². The van der Waals surface area contributed by atoms with Crippen LogP contribution in [0.5, 0.6) is 0 Å². The topological polar surface area (TPSA) is 253 Å². The van der Waals surface area contributed by atoms with E-state index in [9.17, 15) is 64.5 Å². The zero-order valence-electron chi connectivity index (χ0n) is 35.1. The number of carboxylic acid groups (broad SMARTS) is 1. The Bertz CT molecular complexity index is 1960. The van der Waals surface area contributed by atoms with Crippen LogP contribution >= 0.6 is 0 Å². The lowest BCUT2D eigenvalue weighted by molar-refractivity contribution is -0.203. The maximum atomic E-state index is 15.0. The van der Waals surface area contributed by atoms with E-state index in [-0.39, 0.29) is 73.8 Å². The number of carboxylic acids is 1. The number of ether oxygens (including phenoxy) is 1. The van der Waals surface area contributed by atoms with Gasteiger partial charge >= 0.3 is 11.9 Å². The summed E-state index contributed by atoms with van der Waals surface area (Å²) in [5.41, 5.74) is -6.48. The van der Waals surface area contributed by atoms with Crippen molar-refractivity contribution in [2.24, 2.45) is 69.0 Å². The highest BCUT2D eigenvalue weighted by molar-refractivity contribution is 5.94. The van der Waals surface area contributed by atoms with Crippen molar-refractivity contribution in [3.05, 3.63) is 23.3 Å². The molecule has 14 heteroatoms. The summed E-state index contributed by atoms with van der Waals surface area (Å²) in [4.78, 5) is 80.7. The molecule has 14 nitrogen and oxygen atoms in total. The summed E-state index contributed by atoms with van der Waals surface area (Å²) >= 11 is 0. The van der Waals surface area contributed by atoms with Crippen LogP contribution in [0, 0.1) is 69.0 Å². The van der Waals surface area contributed by atoms with Gasteiger partial charge in [-0.05, 0) is 117 Å². The maximum Gasteiger partial charge on any atom is 0.310 e. The number of aliphatic hydroxyl groups is 6.